The standard InChI is InChI=1S/C17H29N3O3/c1-17(23)7-4-15(5-8-17)20-10-6-14(19-12-20)11-13(16(21)22)3-2-9-18/h6,10,12-15,23H,2-5,7-9,11,18H2,1H3,(H,21,22). The largest absolute Gasteiger partial charge is 0.481 e. The van der Waals surface area contributed by atoms with Crippen LogP contribution in [0.1, 0.15) is 51.9 Å². The molecule has 4 N–H and O–H groups in total. The van der Waals surface area contributed by atoms with Crippen LogP contribution in [-0.2, 0) is 4.79 Å². The zero-order chi connectivity index (χ0) is 16.9. The van der Waals surface area contributed by atoms with Crippen LogP contribution in [0.4, 0.5) is 0 Å². The first-order valence-electron chi connectivity index (χ1n) is 8.55. The Kier molecular flexibility index (Phi) is 6.18. The molecule has 6 nitrogen and oxygen atoms in total. The number of hydrogen-bond acceptors (Lipinski definition) is 5. The van der Waals surface area contributed by atoms with Crippen molar-refractivity contribution >= 4 is 12.3 Å². The summed E-state index contributed by atoms with van der Waals surface area (Å²) in [7, 11) is 0. The van der Waals surface area contributed by atoms with Crippen molar-refractivity contribution < 1.29 is 15.0 Å². The van der Waals surface area contributed by atoms with Gasteiger partial charge in [0.05, 0.1) is 23.9 Å². The molecule has 0 aromatic carbocycles. The Morgan fingerprint density at radius 3 is 2.70 bits per heavy atom. The van der Waals surface area contributed by atoms with Gasteiger partial charge in [0.1, 0.15) is 0 Å². The third kappa shape index (κ3) is 5.32. The van der Waals surface area contributed by atoms with Crippen LogP contribution in [0, 0.1) is 5.92 Å². The van der Waals surface area contributed by atoms with Gasteiger partial charge in [-0.25, -0.2) is 0 Å². The molecule has 0 spiro atoms. The van der Waals surface area contributed by atoms with Gasteiger partial charge in [0.25, 0.3) is 0 Å². The van der Waals surface area contributed by atoms with Crippen LogP contribution in [0.25, 0.3) is 0 Å². The molecule has 23 heavy (non-hydrogen) atoms. The molecule has 6 heteroatoms. The molecule has 0 saturated heterocycles. The number of hydrogen-bond donors (Lipinski definition) is 3. The van der Waals surface area contributed by atoms with Gasteiger partial charge >= 0.3 is 5.97 Å². The Bertz CT molecular complexity index is 438. The summed E-state index contributed by atoms with van der Waals surface area (Å²) in [5.74, 6) is -1.15. The second-order valence-corrected chi connectivity index (χ2v) is 7.05. The minimum atomic E-state index is -0.765. The topological polar surface area (TPSA) is 99.2 Å². The summed E-state index contributed by atoms with van der Waals surface area (Å²) in [5, 5.41) is 19.3. The summed E-state index contributed by atoms with van der Waals surface area (Å²) >= 11 is 0. The Hall–Kier alpha value is -1.40. The molecule has 0 bridgehead atoms. The number of aliphatic carboxylic acids is 1. The Morgan fingerprint density at radius 1 is 1.48 bits per heavy atom. The van der Waals surface area contributed by atoms with Gasteiger partial charge in [-0.1, -0.05) is 0 Å². The molecule has 2 unspecified atom stereocenters. The van der Waals surface area contributed by atoms with Crippen molar-refractivity contribution in [3.63, 3.8) is 0 Å². The lowest BCUT2D eigenvalue weighted by molar-refractivity contribution is -0.142. The molecule has 2 rings (SSSR count). The molecular weight excluding hydrogens is 294 g/mol. The van der Waals surface area contributed by atoms with Crippen LogP contribution in [0.3, 0.4) is 0 Å². The minimum Gasteiger partial charge on any atom is -0.481 e. The van der Waals surface area contributed by atoms with E-state index in [-0.39, 0.29) is 12.0 Å². The van der Waals surface area contributed by atoms with E-state index < -0.39 is 11.6 Å². The highest BCUT2D eigenvalue weighted by Crippen LogP contribution is 2.31. The zero-order valence-corrected chi connectivity index (χ0v) is 13.9. The lowest BCUT2D eigenvalue weighted by Gasteiger charge is -2.38. The van der Waals surface area contributed by atoms with Gasteiger partial charge in [0.15, 0.2) is 0 Å². The van der Waals surface area contributed by atoms with Gasteiger partial charge < -0.3 is 20.8 Å². The molecule has 2 aliphatic rings. The van der Waals surface area contributed by atoms with E-state index in [1.165, 1.54) is 0 Å². The van der Waals surface area contributed by atoms with E-state index >= 15 is 0 Å². The summed E-state index contributed by atoms with van der Waals surface area (Å²) in [6, 6.07) is 0.306. The third-order valence-corrected chi connectivity index (χ3v) is 4.96. The van der Waals surface area contributed by atoms with Crippen LogP contribution in [0.2, 0.25) is 0 Å². The second kappa shape index (κ2) is 7.93. The van der Waals surface area contributed by atoms with Crippen molar-refractivity contribution in [1.29, 1.82) is 0 Å². The van der Waals surface area contributed by atoms with Gasteiger partial charge in [0.2, 0.25) is 0 Å². The van der Waals surface area contributed by atoms with Crippen molar-refractivity contribution in [3.05, 3.63) is 12.3 Å². The quantitative estimate of drug-likeness (QED) is 0.663. The number of carboxylic acids is 1. The Labute approximate surface area is 138 Å². The first-order chi connectivity index (χ1) is 10.9. The highest BCUT2D eigenvalue weighted by atomic mass is 16.4. The number of nitrogens with two attached hydrogens (primary N) is 1. The van der Waals surface area contributed by atoms with E-state index in [9.17, 15) is 15.0 Å². The van der Waals surface area contributed by atoms with E-state index in [2.05, 4.69) is 9.89 Å². The predicted molar refractivity (Wildman–Crippen MR) is 90.2 cm³/mol. The van der Waals surface area contributed by atoms with Crippen LogP contribution < -0.4 is 5.73 Å². The first kappa shape index (κ1) is 17.9. The average molecular weight is 323 g/mol. The maximum absolute atomic E-state index is 11.3. The monoisotopic (exact) mass is 323 g/mol. The normalized spacial score (nSPS) is 32.0. The molecule has 1 heterocycles. The smallest absolute Gasteiger partial charge is 0.306 e. The maximum atomic E-state index is 11.3. The summed E-state index contributed by atoms with van der Waals surface area (Å²) in [5.41, 5.74) is 4.93. The number of nitrogens with zero attached hydrogens (tertiary/aromatic N) is 2. The lowest BCUT2D eigenvalue weighted by Crippen LogP contribution is -2.40. The molecule has 2 atom stereocenters. The fourth-order valence-corrected chi connectivity index (χ4v) is 3.33. The molecule has 0 aromatic rings. The number of carboxylic acid groups (broad SMARTS) is 1. The van der Waals surface area contributed by atoms with E-state index in [1.54, 1.807) is 0 Å². The fourth-order valence-electron chi connectivity index (χ4n) is 3.33. The molecule has 0 amide bonds. The third-order valence-electron chi connectivity index (χ3n) is 4.96. The van der Waals surface area contributed by atoms with Crippen molar-refractivity contribution in [2.24, 2.45) is 16.6 Å². The molecule has 1 fully saturated rings. The van der Waals surface area contributed by atoms with E-state index in [1.807, 2.05) is 25.5 Å². The van der Waals surface area contributed by atoms with E-state index in [0.717, 1.165) is 32.1 Å². The van der Waals surface area contributed by atoms with Crippen molar-refractivity contribution in [3.8, 4) is 0 Å². The van der Waals surface area contributed by atoms with Crippen LogP contribution in [0.5, 0.6) is 0 Å². The van der Waals surface area contributed by atoms with Gasteiger partial charge in [-0.05, 0) is 64.5 Å². The van der Waals surface area contributed by atoms with Crippen LogP contribution in [-0.4, -0.2) is 51.7 Å². The molecule has 1 aliphatic carbocycles. The van der Waals surface area contributed by atoms with Crippen molar-refractivity contribution in [2.75, 3.05) is 6.54 Å². The van der Waals surface area contributed by atoms with Crippen molar-refractivity contribution in [1.82, 2.24) is 4.90 Å². The van der Waals surface area contributed by atoms with Crippen molar-refractivity contribution in [2.45, 2.75) is 69.6 Å². The van der Waals surface area contributed by atoms with Gasteiger partial charge in [0, 0.05) is 12.2 Å². The lowest BCUT2D eigenvalue weighted by atomic mass is 9.83. The second-order valence-electron chi connectivity index (χ2n) is 7.05. The number of rotatable bonds is 7. The summed E-state index contributed by atoms with van der Waals surface area (Å²) < 4.78 is 0. The van der Waals surface area contributed by atoms with Gasteiger partial charge in [-0.15, -0.1) is 0 Å². The highest BCUT2D eigenvalue weighted by Gasteiger charge is 2.31. The number of carbonyl (C=O) groups is 1. The summed E-state index contributed by atoms with van der Waals surface area (Å²) in [6.45, 7) is 2.42. The molecule has 130 valence electrons. The summed E-state index contributed by atoms with van der Waals surface area (Å²) in [6.07, 6.45) is 11.2. The van der Waals surface area contributed by atoms with Crippen LogP contribution >= 0.6 is 0 Å². The average Bonchev–Trinajstić information content (AvgIpc) is 2.52. The Morgan fingerprint density at radius 2 is 2.17 bits per heavy atom. The maximum Gasteiger partial charge on any atom is 0.306 e. The SMILES string of the molecule is CC1(O)CCC(N2C=CC(CC(CCCN)C(=O)O)N=C2)CC1. The Balaban J connectivity index is 1.84. The summed E-state index contributed by atoms with van der Waals surface area (Å²) in [4.78, 5) is 17.9. The van der Waals surface area contributed by atoms with E-state index in [0.29, 0.717) is 25.4 Å². The molecule has 0 aromatic heterocycles. The molecule has 1 saturated carbocycles. The highest BCUT2D eigenvalue weighted by molar-refractivity contribution is 5.70. The molecular formula is C17H29N3O3. The van der Waals surface area contributed by atoms with Crippen LogP contribution in [0.15, 0.2) is 17.3 Å². The number of aliphatic hydroxyl groups is 1. The van der Waals surface area contributed by atoms with Gasteiger partial charge in [-0.2, -0.15) is 0 Å². The first-order valence-corrected chi connectivity index (χ1v) is 8.55. The number of aliphatic imine (C=N–C) groups is 1. The fraction of sp³-hybridized carbons (Fsp3) is 0.765. The minimum absolute atomic E-state index is 0.0724. The molecule has 0 radical (unpaired) electrons. The molecule has 1 aliphatic heterocycles. The van der Waals surface area contributed by atoms with E-state index in [4.69, 9.17) is 5.73 Å². The van der Waals surface area contributed by atoms with Gasteiger partial charge in [-0.3, -0.25) is 9.79 Å². The zero-order valence-electron chi connectivity index (χ0n) is 13.9. The predicted octanol–water partition coefficient (Wildman–Crippen LogP) is 1.74.